The van der Waals surface area contributed by atoms with E-state index in [4.69, 9.17) is 17.3 Å². The Morgan fingerprint density at radius 3 is 2.37 bits per heavy atom. The van der Waals surface area contributed by atoms with E-state index >= 15 is 0 Å². The van der Waals surface area contributed by atoms with Crippen LogP contribution in [-0.4, -0.2) is 6.54 Å². The van der Waals surface area contributed by atoms with Crippen molar-refractivity contribution in [2.75, 3.05) is 11.9 Å². The monoisotopic (exact) mass is 282 g/mol. The van der Waals surface area contributed by atoms with Crippen molar-refractivity contribution in [1.82, 2.24) is 0 Å². The number of rotatable bonds is 4. The molecule has 0 spiro atoms. The molecule has 100 valence electrons. The first-order valence-corrected chi connectivity index (χ1v) is 6.16. The summed E-state index contributed by atoms with van der Waals surface area (Å²) >= 11 is 5.98. The molecule has 0 heterocycles. The molecule has 19 heavy (non-hydrogen) atoms. The molecule has 0 aromatic heterocycles. The van der Waals surface area contributed by atoms with Crippen molar-refractivity contribution in [3.63, 3.8) is 0 Å². The van der Waals surface area contributed by atoms with Gasteiger partial charge < -0.3 is 11.1 Å². The molecule has 0 aliphatic rings. The normalized spacial score (nSPS) is 12.2. The van der Waals surface area contributed by atoms with E-state index in [-0.39, 0.29) is 22.8 Å². The Bertz CT molecular complexity index is 555. The highest BCUT2D eigenvalue weighted by Gasteiger charge is 2.18. The van der Waals surface area contributed by atoms with E-state index in [2.05, 4.69) is 5.32 Å². The third-order valence-electron chi connectivity index (χ3n) is 2.79. The Labute approximate surface area is 115 Å². The van der Waals surface area contributed by atoms with E-state index in [0.717, 1.165) is 0 Å². The fourth-order valence-electron chi connectivity index (χ4n) is 1.86. The number of hydrogen-bond acceptors (Lipinski definition) is 2. The lowest BCUT2D eigenvalue weighted by Crippen LogP contribution is -2.22. The molecular formula is C14H13ClF2N2. The molecule has 0 amide bonds. The summed E-state index contributed by atoms with van der Waals surface area (Å²) in [5, 5.41) is 3.13. The molecule has 5 heteroatoms. The summed E-state index contributed by atoms with van der Waals surface area (Å²) in [7, 11) is 0. The lowest BCUT2D eigenvalue weighted by molar-refractivity contribution is 0.589. The molecule has 0 aliphatic heterocycles. The minimum absolute atomic E-state index is 0.0922. The van der Waals surface area contributed by atoms with Gasteiger partial charge in [0.2, 0.25) is 0 Å². The maximum atomic E-state index is 13.8. The molecule has 2 rings (SSSR count). The van der Waals surface area contributed by atoms with Crippen LogP contribution in [0.25, 0.3) is 0 Å². The Balaban J connectivity index is 2.34. The number of anilines is 1. The van der Waals surface area contributed by atoms with Crippen LogP contribution in [0.5, 0.6) is 0 Å². The average Bonchev–Trinajstić information content (AvgIpc) is 2.39. The number of para-hydroxylation sites is 1. The molecule has 0 saturated carbocycles. The highest BCUT2D eigenvalue weighted by Crippen LogP contribution is 2.28. The van der Waals surface area contributed by atoms with Gasteiger partial charge in [-0.3, -0.25) is 0 Å². The lowest BCUT2D eigenvalue weighted by atomic mass is 10.1. The zero-order chi connectivity index (χ0) is 13.8. The predicted octanol–water partition coefficient (Wildman–Crippen LogP) is 3.73. The number of nitrogens with one attached hydrogen (secondary N) is 1. The number of hydrogen-bond donors (Lipinski definition) is 2. The van der Waals surface area contributed by atoms with Gasteiger partial charge in [0, 0.05) is 17.1 Å². The largest absolute Gasteiger partial charge is 0.374 e. The average molecular weight is 283 g/mol. The van der Waals surface area contributed by atoms with Crippen LogP contribution < -0.4 is 11.1 Å². The summed E-state index contributed by atoms with van der Waals surface area (Å²) in [4.78, 5) is 0. The second-order valence-corrected chi connectivity index (χ2v) is 4.46. The SMILES string of the molecule is NCC(Nc1ccccc1F)c1c(F)cccc1Cl. The molecule has 0 saturated heterocycles. The van der Waals surface area contributed by atoms with Crippen LogP contribution in [0.2, 0.25) is 5.02 Å². The van der Waals surface area contributed by atoms with E-state index in [0.29, 0.717) is 0 Å². The van der Waals surface area contributed by atoms with Crippen molar-refractivity contribution >= 4 is 17.3 Å². The van der Waals surface area contributed by atoms with Crippen molar-refractivity contribution in [1.29, 1.82) is 0 Å². The smallest absolute Gasteiger partial charge is 0.146 e. The van der Waals surface area contributed by atoms with Crippen LogP contribution in [-0.2, 0) is 0 Å². The fraction of sp³-hybridized carbons (Fsp3) is 0.143. The first-order chi connectivity index (χ1) is 9.13. The van der Waals surface area contributed by atoms with Gasteiger partial charge in [0.15, 0.2) is 0 Å². The molecule has 3 N–H and O–H groups in total. The molecule has 1 unspecified atom stereocenters. The lowest BCUT2D eigenvalue weighted by Gasteiger charge is -2.20. The van der Waals surface area contributed by atoms with E-state index < -0.39 is 17.7 Å². The second-order valence-electron chi connectivity index (χ2n) is 4.05. The van der Waals surface area contributed by atoms with Crippen LogP contribution in [0.4, 0.5) is 14.5 Å². The summed E-state index contributed by atoms with van der Waals surface area (Å²) in [6.45, 7) is 0.0922. The first-order valence-electron chi connectivity index (χ1n) is 5.78. The van der Waals surface area contributed by atoms with Gasteiger partial charge in [-0.05, 0) is 24.3 Å². The minimum atomic E-state index is -0.592. The molecule has 2 aromatic carbocycles. The third kappa shape index (κ3) is 3.03. The van der Waals surface area contributed by atoms with Crippen molar-refractivity contribution in [3.05, 3.63) is 64.7 Å². The van der Waals surface area contributed by atoms with Gasteiger partial charge in [0.25, 0.3) is 0 Å². The van der Waals surface area contributed by atoms with Gasteiger partial charge >= 0.3 is 0 Å². The molecule has 0 aliphatic carbocycles. The molecule has 2 nitrogen and oxygen atoms in total. The van der Waals surface area contributed by atoms with E-state index in [1.807, 2.05) is 0 Å². The Hall–Kier alpha value is -1.65. The predicted molar refractivity (Wildman–Crippen MR) is 73.2 cm³/mol. The second kappa shape index (κ2) is 5.99. The van der Waals surface area contributed by atoms with Gasteiger partial charge in [-0.25, -0.2) is 8.78 Å². The highest BCUT2D eigenvalue weighted by atomic mass is 35.5. The number of halogens is 3. The first kappa shape index (κ1) is 13.8. The molecular weight excluding hydrogens is 270 g/mol. The zero-order valence-electron chi connectivity index (χ0n) is 10.0. The van der Waals surface area contributed by atoms with Crippen molar-refractivity contribution in [3.8, 4) is 0 Å². The van der Waals surface area contributed by atoms with Gasteiger partial charge in [0.1, 0.15) is 11.6 Å². The van der Waals surface area contributed by atoms with Gasteiger partial charge in [0.05, 0.1) is 11.7 Å². The van der Waals surface area contributed by atoms with Gasteiger partial charge in [-0.15, -0.1) is 0 Å². The van der Waals surface area contributed by atoms with Gasteiger partial charge in [-0.1, -0.05) is 29.8 Å². The highest BCUT2D eigenvalue weighted by molar-refractivity contribution is 6.31. The maximum absolute atomic E-state index is 13.8. The summed E-state index contributed by atoms with van der Waals surface area (Å²) in [5.41, 5.74) is 6.14. The van der Waals surface area contributed by atoms with Crippen LogP contribution in [0.3, 0.4) is 0 Å². The molecule has 0 bridgehead atoms. The van der Waals surface area contributed by atoms with Crippen LogP contribution >= 0.6 is 11.6 Å². The van der Waals surface area contributed by atoms with Crippen molar-refractivity contribution in [2.45, 2.75) is 6.04 Å². The molecule has 0 fully saturated rings. The molecule has 1 atom stereocenters. The van der Waals surface area contributed by atoms with Crippen LogP contribution in [0.15, 0.2) is 42.5 Å². The van der Waals surface area contributed by atoms with Gasteiger partial charge in [-0.2, -0.15) is 0 Å². The van der Waals surface area contributed by atoms with Crippen LogP contribution in [0.1, 0.15) is 11.6 Å². The summed E-state index contributed by atoms with van der Waals surface area (Å²) in [5.74, 6) is -0.889. The van der Waals surface area contributed by atoms with Crippen molar-refractivity contribution < 1.29 is 8.78 Å². The summed E-state index contributed by atoms with van der Waals surface area (Å²) in [6, 6.07) is 9.93. The fourth-order valence-corrected chi connectivity index (χ4v) is 2.15. The molecule has 0 radical (unpaired) electrons. The minimum Gasteiger partial charge on any atom is -0.374 e. The van der Waals surface area contributed by atoms with Crippen LogP contribution in [0, 0.1) is 11.6 Å². The Morgan fingerprint density at radius 1 is 1.05 bits per heavy atom. The summed E-state index contributed by atoms with van der Waals surface area (Å²) < 4.78 is 27.4. The van der Waals surface area contributed by atoms with Crippen molar-refractivity contribution in [2.24, 2.45) is 5.73 Å². The molecule has 2 aromatic rings. The standard InChI is InChI=1S/C14H13ClF2N2/c15-9-4-3-6-11(17)14(9)13(8-18)19-12-7-2-1-5-10(12)16/h1-7,13,19H,8,18H2. The quantitative estimate of drug-likeness (QED) is 0.897. The Morgan fingerprint density at radius 2 is 1.74 bits per heavy atom. The number of benzene rings is 2. The van der Waals surface area contributed by atoms with E-state index in [1.54, 1.807) is 24.3 Å². The number of nitrogens with two attached hydrogens (primary N) is 1. The maximum Gasteiger partial charge on any atom is 0.146 e. The summed E-state index contributed by atoms with van der Waals surface area (Å²) in [6.07, 6.45) is 0. The third-order valence-corrected chi connectivity index (χ3v) is 3.12. The van der Waals surface area contributed by atoms with E-state index in [9.17, 15) is 8.78 Å². The topological polar surface area (TPSA) is 38.0 Å². The Kier molecular flexibility index (Phi) is 4.35. The van der Waals surface area contributed by atoms with E-state index in [1.165, 1.54) is 18.2 Å². The zero-order valence-corrected chi connectivity index (χ0v) is 10.8.